The van der Waals surface area contributed by atoms with E-state index >= 15 is 0 Å². The Balaban J connectivity index is 1.58. The summed E-state index contributed by atoms with van der Waals surface area (Å²) in [7, 11) is 2.06. The largest absolute Gasteiger partial charge is 0.476 e. The minimum absolute atomic E-state index is 0.0379. The Labute approximate surface area is 175 Å². The van der Waals surface area contributed by atoms with E-state index in [2.05, 4.69) is 33.2 Å². The highest BCUT2D eigenvalue weighted by molar-refractivity contribution is 9.10. The van der Waals surface area contributed by atoms with Crippen molar-refractivity contribution in [3.63, 3.8) is 0 Å². The van der Waals surface area contributed by atoms with Gasteiger partial charge in [-0.3, -0.25) is 9.59 Å². The Morgan fingerprint density at radius 1 is 1.21 bits per heavy atom. The third-order valence-corrected chi connectivity index (χ3v) is 5.41. The van der Waals surface area contributed by atoms with Crippen LogP contribution < -0.4 is 15.5 Å². The zero-order chi connectivity index (χ0) is 20.4. The van der Waals surface area contributed by atoms with E-state index in [0.717, 1.165) is 25.9 Å². The highest BCUT2D eigenvalue weighted by Gasteiger charge is 2.22. The fourth-order valence-corrected chi connectivity index (χ4v) is 3.72. The van der Waals surface area contributed by atoms with Crippen molar-refractivity contribution in [2.45, 2.75) is 18.9 Å². The molecule has 1 aromatic carbocycles. The first kappa shape index (κ1) is 19.7. The summed E-state index contributed by atoms with van der Waals surface area (Å²) in [4.78, 5) is 27.6. The van der Waals surface area contributed by atoms with Crippen LogP contribution in [0.15, 0.2) is 54.7 Å². The number of benzene rings is 1. The number of para-hydroxylation sites is 1. The molecule has 1 amide bonds. The number of halogens is 1. The second-order valence-electron chi connectivity index (χ2n) is 7.12. The molecule has 0 saturated carbocycles. The fraction of sp³-hybridized carbons (Fsp3) is 0.333. The highest BCUT2D eigenvalue weighted by atomic mass is 79.9. The molecular formula is C21H21BrN2O5. The number of amides is 1. The van der Waals surface area contributed by atoms with E-state index < -0.39 is 0 Å². The molecule has 4 rings (SSSR count). The third kappa shape index (κ3) is 4.38. The zero-order valence-electron chi connectivity index (χ0n) is 15.9. The molecule has 8 heteroatoms. The molecule has 29 heavy (non-hydrogen) atoms. The number of hydrogen-bond donors (Lipinski definition) is 1. The number of fused-ring (bicyclic) bond motifs is 1. The fourth-order valence-electron chi connectivity index (χ4n) is 3.41. The van der Waals surface area contributed by atoms with Crippen molar-refractivity contribution >= 4 is 32.8 Å². The first-order valence-corrected chi connectivity index (χ1v) is 10.2. The van der Waals surface area contributed by atoms with Gasteiger partial charge in [0.25, 0.3) is 5.91 Å². The molecule has 0 bridgehead atoms. The molecule has 152 valence electrons. The average Bonchev–Trinajstić information content (AvgIpc) is 3.15. The number of rotatable bonds is 5. The lowest BCUT2D eigenvalue weighted by molar-refractivity contribution is -0.124. The molecule has 0 atom stereocenters. The summed E-state index contributed by atoms with van der Waals surface area (Å²) in [6.07, 6.45) is 1.79. The second kappa shape index (κ2) is 8.42. The smallest absolute Gasteiger partial charge is 0.258 e. The van der Waals surface area contributed by atoms with Crippen molar-refractivity contribution in [3.8, 4) is 17.3 Å². The van der Waals surface area contributed by atoms with Crippen molar-refractivity contribution in [1.82, 2.24) is 10.2 Å². The van der Waals surface area contributed by atoms with E-state index in [0.29, 0.717) is 21.4 Å². The van der Waals surface area contributed by atoms with E-state index in [4.69, 9.17) is 13.6 Å². The molecule has 1 fully saturated rings. The van der Waals surface area contributed by atoms with Crippen molar-refractivity contribution in [1.29, 1.82) is 0 Å². The second-order valence-corrected chi connectivity index (χ2v) is 7.90. The van der Waals surface area contributed by atoms with Crippen LogP contribution in [0.1, 0.15) is 12.8 Å². The van der Waals surface area contributed by atoms with Crippen LogP contribution in [0.5, 0.6) is 5.75 Å². The van der Waals surface area contributed by atoms with Crippen molar-refractivity contribution < 1.29 is 18.4 Å². The first-order chi connectivity index (χ1) is 14.0. The van der Waals surface area contributed by atoms with Crippen LogP contribution in [-0.4, -0.2) is 43.6 Å². The zero-order valence-corrected chi connectivity index (χ0v) is 17.5. The van der Waals surface area contributed by atoms with Gasteiger partial charge in [0.15, 0.2) is 17.0 Å². The Morgan fingerprint density at radius 2 is 1.97 bits per heavy atom. The van der Waals surface area contributed by atoms with E-state index in [-0.39, 0.29) is 35.5 Å². The lowest BCUT2D eigenvalue weighted by Gasteiger charge is -2.29. The van der Waals surface area contributed by atoms with E-state index in [9.17, 15) is 9.59 Å². The van der Waals surface area contributed by atoms with Crippen molar-refractivity contribution in [2.75, 3.05) is 26.7 Å². The number of carbonyl (C=O) groups excluding carboxylic acids is 1. The summed E-state index contributed by atoms with van der Waals surface area (Å²) >= 11 is 3.25. The van der Waals surface area contributed by atoms with Crippen LogP contribution >= 0.6 is 15.9 Å². The van der Waals surface area contributed by atoms with E-state index in [1.54, 1.807) is 36.4 Å². The summed E-state index contributed by atoms with van der Waals surface area (Å²) in [6, 6.07) is 10.4. The van der Waals surface area contributed by atoms with Gasteiger partial charge >= 0.3 is 0 Å². The third-order valence-electron chi connectivity index (χ3n) is 4.98. The number of ether oxygens (including phenoxy) is 1. The Bertz CT molecular complexity index is 1080. The highest BCUT2D eigenvalue weighted by Crippen LogP contribution is 2.33. The summed E-state index contributed by atoms with van der Waals surface area (Å²) < 4.78 is 17.6. The molecule has 1 aliphatic rings. The van der Waals surface area contributed by atoms with Gasteiger partial charge in [0, 0.05) is 6.04 Å². The molecule has 2 aromatic heterocycles. The number of carbonyl (C=O) groups is 1. The molecule has 0 unspecified atom stereocenters. The SMILES string of the molecule is CN1CCC(NC(=O)COc2c(-c3ccc(Br)o3)oc3ccccc3c2=O)CC1. The number of nitrogens with one attached hydrogen (secondary N) is 1. The monoisotopic (exact) mass is 460 g/mol. The van der Waals surface area contributed by atoms with Crippen LogP contribution in [0, 0.1) is 0 Å². The molecule has 0 spiro atoms. The maximum atomic E-state index is 13.0. The normalized spacial score (nSPS) is 15.5. The van der Waals surface area contributed by atoms with E-state index in [1.807, 2.05) is 0 Å². The Morgan fingerprint density at radius 3 is 2.69 bits per heavy atom. The standard InChI is InChI=1S/C21H21BrN2O5/c1-24-10-8-13(9-11-24)23-18(25)12-27-21-19(26)14-4-2-3-5-15(14)29-20(21)16-6-7-17(22)28-16/h2-7,13H,8-12H2,1H3,(H,23,25). The number of likely N-dealkylation sites (tertiary alicyclic amines) is 1. The summed E-state index contributed by atoms with van der Waals surface area (Å²) in [5, 5.41) is 3.36. The molecule has 3 aromatic rings. The number of nitrogens with zero attached hydrogens (tertiary/aromatic N) is 1. The minimum atomic E-state index is -0.346. The number of piperidine rings is 1. The van der Waals surface area contributed by atoms with Gasteiger partial charge in [-0.05, 0) is 73.2 Å². The van der Waals surface area contributed by atoms with Gasteiger partial charge in [-0.1, -0.05) is 12.1 Å². The molecule has 7 nitrogen and oxygen atoms in total. The maximum absolute atomic E-state index is 13.0. The average molecular weight is 461 g/mol. The van der Waals surface area contributed by atoms with Gasteiger partial charge in [-0.15, -0.1) is 0 Å². The molecule has 0 aliphatic carbocycles. The minimum Gasteiger partial charge on any atom is -0.476 e. The number of furan rings is 1. The Hall–Kier alpha value is -2.58. The molecule has 1 N–H and O–H groups in total. The molecular weight excluding hydrogens is 440 g/mol. The molecule has 0 radical (unpaired) electrons. The predicted octanol–water partition coefficient (Wildman–Crippen LogP) is 3.40. The predicted molar refractivity (Wildman–Crippen MR) is 112 cm³/mol. The maximum Gasteiger partial charge on any atom is 0.258 e. The van der Waals surface area contributed by atoms with Crippen LogP contribution in [-0.2, 0) is 4.79 Å². The van der Waals surface area contributed by atoms with Gasteiger partial charge in [0.1, 0.15) is 5.58 Å². The molecule has 1 aliphatic heterocycles. The first-order valence-electron chi connectivity index (χ1n) is 9.43. The lowest BCUT2D eigenvalue weighted by Crippen LogP contribution is -2.44. The van der Waals surface area contributed by atoms with Gasteiger partial charge in [-0.2, -0.15) is 0 Å². The lowest BCUT2D eigenvalue weighted by atomic mass is 10.1. The Kier molecular flexibility index (Phi) is 5.73. The van der Waals surface area contributed by atoms with Gasteiger partial charge < -0.3 is 23.8 Å². The van der Waals surface area contributed by atoms with E-state index in [1.165, 1.54) is 0 Å². The quantitative estimate of drug-likeness (QED) is 0.627. The van der Waals surface area contributed by atoms with Gasteiger partial charge in [-0.25, -0.2) is 0 Å². The van der Waals surface area contributed by atoms with Crippen LogP contribution in [0.4, 0.5) is 0 Å². The molecule has 1 saturated heterocycles. The van der Waals surface area contributed by atoms with Crippen molar-refractivity contribution in [2.24, 2.45) is 0 Å². The van der Waals surface area contributed by atoms with Crippen LogP contribution in [0.25, 0.3) is 22.5 Å². The van der Waals surface area contributed by atoms with Crippen LogP contribution in [0.2, 0.25) is 0 Å². The summed E-state index contributed by atoms with van der Waals surface area (Å²) in [5.41, 5.74) is 0.0737. The molecule has 3 heterocycles. The van der Waals surface area contributed by atoms with Gasteiger partial charge in [0.05, 0.1) is 5.39 Å². The summed E-state index contributed by atoms with van der Waals surface area (Å²) in [5.74, 6) is 0.194. The van der Waals surface area contributed by atoms with Crippen molar-refractivity contribution in [3.05, 3.63) is 51.3 Å². The topological polar surface area (TPSA) is 84.9 Å². The number of hydrogen-bond acceptors (Lipinski definition) is 6. The summed E-state index contributed by atoms with van der Waals surface area (Å²) in [6.45, 7) is 1.61. The van der Waals surface area contributed by atoms with Gasteiger partial charge in [0.2, 0.25) is 16.9 Å². The van der Waals surface area contributed by atoms with Crippen LogP contribution in [0.3, 0.4) is 0 Å².